The lowest BCUT2D eigenvalue weighted by atomic mass is 10.1. The number of benzene rings is 2. The van der Waals surface area contributed by atoms with Gasteiger partial charge in [0.05, 0.1) is 21.2 Å². The first-order chi connectivity index (χ1) is 11.8. The number of nitro groups is 1. The lowest BCUT2D eigenvalue weighted by Gasteiger charge is -2.15. The van der Waals surface area contributed by atoms with Crippen molar-refractivity contribution in [1.29, 1.82) is 0 Å². The normalized spacial score (nSPS) is 14.4. The van der Waals surface area contributed by atoms with E-state index in [1.807, 2.05) is 0 Å². The Morgan fingerprint density at radius 1 is 1.00 bits per heavy atom. The number of non-ortho nitro benzene ring substituents is 1. The summed E-state index contributed by atoms with van der Waals surface area (Å²) in [6.07, 6.45) is 0. The average Bonchev–Trinajstić information content (AvgIpc) is 2.80. The SMILES string of the molecule is O=C1C(Cl)=C(c2ccc([N+](=O)[O-])cc2)C(=O)N1c1ccc(F)c(Cl)c1. The lowest BCUT2D eigenvalue weighted by molar-refractivity contribution is -0.384. The number of hydrogen-bond acceptors (Lipinski definition) is 4. The van der Waals surface area contributed by atoms with Gasteiger partial charge < -0.3 is 0 Å². The molecule has 0 atom stereocenters. The number of anilines is 1. The average molecular weight is 381 g/mol. The van der Waals surface area contributed by atoms with E-state index in [0.717, 1.165) is 17.0 Å². The minimum absolute atomic E-state index is 0.0662. The third-order valence-corrected chi connectivity index (χ3v) is 4.20. The second-order valence-electron chi connectivity index (χ2n) is 5.04. The van der Waals surface area contributed by atoms with Gasteiger partial charge in [-0.25, -0.2) is 9.29 Å². The van der Waals surface area contributed by atoms with Crippen molar-refractivity contribution >= 4 is 52.0 Å². The highest BCUT2D eigenvalue weighted by Gasteiger charge is 2.39. The van der Waals surface area contributed by atoms with Gasteiger partial charge in [-0.1, -0.05) is 23.2 Å². The highest BCUT2D eigenvalue weighted by molar-refractivity contribution is 6.60. The molecule has 0 fully saturated rings. The van der Waals surface area contributed by atoms with E-state index in [0.29, 0.717) is 0 Å². The van der Waals surface area contributed by atoms with E-state index in [1.165, 1.54) is 30.3 Å². The number of imide groups is 1. The Kier molecular flexibility index (Phi) is 4.28. The van der Waals surface area contributed by atoms with Gasteiger partial charge in [-0.3, -0.25) is 19.7 Å². The summed E-state index contributed by atoms with van der Waals surface area (Å²) in [6.45, 7) is 0. The first-order valence-corrected chi connectivity index (χ1v) is 7.55. The molecule has 0 saturated heterocycles. The number of nitro benzene ring substituents is 1. The third kappa shape index (κ3) is 2.88. The van der Waals surface area contributed by atoms with Crippen molar-refractivity contribution in [1.82, 2.24) is 0 Å². The molecule has 6 nitrogen and oxygen atoms in total. The summed E-state index contributed by atoms with van der Waals surface area (Å²) in [5.41, 5.74) is 0.0579. The molecular weight excluding hydrogens is 374 g/mol. The fourth-order valence-corrected chi connectivity index (χ4v) is 2.81. The van der Waals surface area contributed by atoms with Crippen LogP contribution in [0.4, 0.5) is 15.8 Å². The minimum Gasteiger partial charge on any atom is -0.268 e. The van der Waals surface area contributed by atoms with Crippen LogP contribution in [0.3, 0.4) is 0 Å². The summed E-state index contributed by atoms with van der Waals surface area (Å²) < 4.78 is 13.3. The van der Waals surface area contributed by atoms with E-state index < -0.39 is 22.6 Å². The van der Waals surface area contributed by atoms with Gasteiger partial charge in [0.25, 0.3) is 17.5 Å². The van der Waals surface area contributed by atoms with E-state index in [2.05, 4.69) is 0 Å². The Balaban J connectivity index is 2.01. The highest BCUT2D eigenvalue weighted by Crippen LogP contribution is 2.36. The number of nitrogens with zero attached hydrogens (tertiary/aromatic N) is 2. The molecule has 0 bridgehead atoms. The van der Waals surface area contributed by atoms with E-state index >= 15 is 0 Å². The Morgan fingerprint density at radius 2 is 1.64 bits per heavy atom. The van der Waals surface area contributed by atoms with Crippen molar-refractivity contribution in [3.05, 3.63) is 74.0 Å². The summed E-state index contributed by atoms with van der Waals surface area (Å²) in [5, 5.41) is 10.1. The molecule has 0 radical (unpaired) electrons. The second-order valence-corrected chi connectivity index (χ2v) is 5.82. The molecule has 1 aliphatic rings. The zero-order valence-electron chi connectivity index (χ0n) is 12.2. The summed E-state index contributed by atoms with van der Waals surface area (Å²) >= 11 is 11.7. The summed E-state index contributed by atoms with van der Waals surface area (Å²) in [7, 11) is 0. The fraction of sp³-hybridized carbons (Fsp3) is 0. The van der Waals surface area contributed by atoms with E-state index in [4.69, 9.17) is 23.2 Å². The molecule has 2 aromatic carbocycles. The van der Waals surface area contributed by atoms with Gasteiger partial charge in [0, 0.05) is 12.1 Å². The lowest BCUT2D eigenvalue weighted by Crippen LogP contribution is -2.31. The molecule has 2 aromatic rings. The molecule has 0 unspecified atom stereocenters. The Labute approximate surface area is 150 Å². The first kappa shape index (κ1) is 17.1. The Hall–Kier alpha value is -2.77. The maximum absolute atomic E-state index is 13.3. The molecule has 3 rings (SSSR count). The first-order valence-electron chi connectivity index (χ1n) is 6.79. The topological polar surface area (TPSA) is 80.5 Å². The maximum atomic E-state index is 13.3. The molecule has 0 aromatic heterocycles. The molecule has 9 heteroatoms. The Bertz CT molecular complexity index is 957. The largest absolute Gasteiger partial charge is 0.277 e. The van der Waals surface area contributed by atoms with Crippen LogP contribution in [0.25, 0.3) is 5.57 Å². The van der Waals surface area contributed by atoms with Crippen LogP contribution in [-0.2, 0) is 9.59 Å². The smallest absolute Gasteiger partial charge is 0.268 e. The summed E-state index contributed by atoms with van der Waals surface area (Å²) in [4.78, 5) is 35.9. The number of halogens is 3. The van der Waals surface area contributed by atoms with Crippen molar-refractivity contribution in [3.63, 3.8) is 0 Å². The van der Waals surface area contributed by atoms with Gasteiger partial charge >= 0.3 is 0 Å². The predicted octanol–water partition coefficient (Wildman–Crippen LogP) is 3.91. The van der Waals surface area contributed by atoms with Gasteiger partial charge in [-0.15, -0.1) is 0 Å². The zero-order chi connectivity index (χ0) is 18.3. The van der Waals surface area contributed by atoms with E-state index in [-0.39, 0.29) is 32.6 Å². The highest BCUT2D eigenvalue weighted by atomic mass is 35.5. The molecule has 25 heavy (non-hydrogen) atoms. The minimum atomic E-state index is -0.789. The van der Waals surface area contributed by atoms with Crippen LogP contribution in [0.2, 0.25) is 5.02 Å². The van der Waals surface area contributed by atoms with Gasteiger partial charge in [0.2, 0.25) is 0 Å². The van der Waals surface area contributed by atoms with Crippen molar-refractivity contribution in [2.24, 2.45) is 0 Å². The van der Waals surface area contributed by atoms with Crippen LogP contribution < -0.4 is 4.90 Å². The summed E-state index contributed by atoms with van der Waals surface area (Å²) in [6, 6.07) is 8.42. The van der Waals surface area contributed by atoms with Gasteiger partial charge in [-0.05, 0) is 35.9 Å². The number of rotatable bonds is 3. The number of hydrogen-bond donors (Lipinski definition) is 0. The van der Waals surface area contributed by atoms with Crippen LogP contribution in [-0.4, -0.2) is 16.7 Å². The molecule has 0 N–H and O–H groups in total. The quantitative estimate of drug-likeness (QED) is 0.459. The van der Waals surface area contributed by atoms with Crippen molar-refractivity contribution in [2.45, 2.75) is 0 Å². The van der Waals surface area contributed by atoms with Crippen LogP contribution in [0, 0.1) is 15.9 Å². The Morgan fingerprint density at radius 3 is 2.20 bits per heavy atom. The van der Waals surface area contributed by atoms with Crippen molar-refractivity contribution in [2.75, 3.05) is 4.90 Å². The number of amides is 2. The molecule has 0 aliphatic carbocycles. The van der Waals surface area contributed by atoms with Gasteiger partial charge in [0.1, 0.15) is 10.8 Å². The van der Waals surface area contributed by atoms with Crippen molar-refractivity contribution < 1.29 is 18.9 Å². The molecule has 126 valence electrons. The van der Waals surface area contributed by atoms with Gasteiger partial charge in [-0.2, -0.15) is 0 Å². The molecule has 0 saturated carbocycles. The molecule has 2 amide bonds. The fourth-order valence-electron chi connectivity index (χ4n) is 2.36. The molecule has 1 aliphatic heterocycles. The predicted molar refractivity (Wildman–Crippen MR) is 89.8 cm³/mol. The number of carbonyl (C=O) groups excluding carboxylic acids is 2. The second kappa shape index (κ2) is 6.27. The third-order valence-electron chi connectivity index (χ3n) is 3.56. The maximum Gasteiger partial charge on any atom is 0.277 e. The molecule has 0 spiro atoms. The zero-order valence-corrected chi connectivity index (χ0v) is 13.7. The van der Waals surface area contributed by atoms with Gasteiger partial charge in [0.15, 0.2) is 0 Å². The summed E-state index contributed by atoms with van der Waals surface area (Å²) in [5.74, 6) is -2.21. The van der Waals surface area contributed by atoms with Crippen molar-refractivity contribution in [3.8, 4) is 0 Å². The number of carbonyl (C=O) groups is 2. The standard InChI is InChI=1S/C16H7Cl2FN2O4/c17-11-7-10(5-6-12(11)19)20-15(22)13(14(18)16(20)23)8-1-3-9(4-2-8)21(24)25/h1-7H. The van der Waals surface area contributed by atoms with Crippen LogP contribution >= 0.6 is 23.2 Å². The van der Waals surface area contributed by atoms with E-state index in [9.17, 15) is 24.1 Å². The monoisotopic (exact) mass is 380 g/mol. The molecular formula is C16H7Cl2FN2O4. The van der Waals surface area contributed by atoms with Crippen LogP contribution in [0.1, 0.15) is 5.56 Å². The van der Waals surface area contributed by atoms with Crippen LogP contribution in [0.5, 0.6) is 0 Å². The van der Waals surface area contributed by atoms with E-state index in [1.54, 1.807) is 0 Å². The van der Waals surface area contributed by atoms with Crippen LogP contribution in [0.15, 0.2) is 47.5 Å². The molecule has 1 heterocycles.